The Balaban J connectivity index is 1.75. The van der Waals surface area contributed by atoms with Crippen LogP contribution in [0.2, 0.25) is 10.0 Å². The first-order valence-corrected chi connectivity index (χ1v) is 12.1. The van der Waals surface area contributed by atoms with Crippen LogP contribution >= 0.6 is 23.2 Å². The molecular weight excluding hydrogens is 479 g/mol. The van der Waals surface area contributed by atoms with Crippen molar-refractivity contribution in [3.63, 3.8) is 0 Å². The molecule has 8 heteroatoms. The highest BCUT2D eigenvalue weighted by Gasteiger charge is 2.18. The number of nitrogens with two attached hydrogens (primary N) is 2. The lowest BCUT2D eigenvalue weighted by molar-refractivity contribution is 0.377. The first-order chi connectivity index (χ1) is 16.5. The molecule has 0 saturated carbocycles. The molecule has 0 amide bonds. The number of anilines is 2. The van der Waals surface area contributed by atoms with E-state index in [0.29, 0.717) is 51.4 Å². The van der Waals surface area contributed by atoms with E-state index in [9.17, 15) is 0 Å². The van der Waals surface area contributed by atoms with Gasteiger partial charge in [-0.25, -0.2) is 4.98 Å². The molecule has 0 fully saturated rings. The van der Waals surface area contributed by atoms with Crippen LogP contribution in [0.3, 0.4) is 0 Å². The molecule has 35 heavy (non-hydrogen) atoms. The minimum absolute atomic E-state index is 0.0414. The number of nitrogens with one attached hydrogen (secondary N) is 2. The van der Waals surface area contributed by atoms with E-state index >= 15 is 0 Å². The van der Waals surface area contributed by atoms with Gasteiger partial charge in [0.25, 0.3) is 0 Å². The summed E-state index contributed by atoms with van der Waals surface area (Å²) >= 11 is 12.7. The van der Waals surface area contributed by atoms with Crippen molar-refractivity contribution in [1.82, 2.24) is 9.97 Å². The number of nitrogen functional groups attached to an aromatic ring is 1. The van der Waals surface area contributed by atoms with Gasteiger partial charge < -0.3 is 16.8 Å². The minimum Gasteiger partial charge on any atom is -0.398 e. The van der Waals surface area contributed by atoms with Crippen molar-refractivity contribution in [1.29, 1.82) is 5.41 Å². The van der Waals surface area contributed by atoms with E-state index in [0.717, 1.165) is 23.2 Å². The van der Waals surface area contributed by atoms with Crippen molar-refractivity contribution in [2.75, 3.05) is 17.6 Å². The van der Waals surface area contributed by atoms with Crippen LogP contribution in [-0.4, -0.2) is 22.2 Å². The number of halogens is 2. The molecule has 0 aliphatic carbocycles. The molecule has 6 nitrogen and oxygen atoms in total. The SMILES string of the molecule is C=C(CC(C)(C)CN)Nc1ccc(C(=N)c2cc(C[C@H](C)c3c(Cl)cncc3Cl)ccc2N)cn1. The van der Waals surface area contributed by atoms with Crippen molar-refractivity contribution in [3.8, 4) is 0 Å². The van der Waals surface area contributed by atoms with Crippen LogP contribution in [-0.2, 0) is 6.42 Å². The fourth-order valence-corrected chi connectivity index (χ4v) is 4.68. The molecular formula is C27H32Cl2N6. The maximum Gasteiger partial charge on any atom is 0.130 e. The molecule has 6 N–H and O–H groups in total. The Hall–Kier alpha value is -2.93. The van der Waals surface area contributed by atoms with E-state index in [1.54, 1.807) is 18.6 Å². The standard InChI is InChI=1S/C27H32Cl2N6/c1-16(25-21(28)13-33-14-22(25)29)9-18-5-7-23(31)20(10-18)26(32)19-6-8-24(34-12-19)35-17(2)11-27(3,4)15-30/h5-8,10,12-14,16,32H,2,9,11,15,30-31H2,1,3-4H3,(H,34,35)/t16-/m0/s1. The quantitative estimate of drug-likeness (QED) is 0.185. The Kier molecular flexibility index (Phi) is 8.54. The Labute approximate surface area is 217 Å². The molecule has 0 radical (unpaired) electrons. The smallest absolute Gasteiger partial charge is 0.130 e. The summed E-state index contributed by atoms with van der Waals surface area (Å²) in [4.78, 5) is 8.49. The molecule has 0 bridgehead atoms. The van der Waals surface area contributed by atoms with E-state index in [1.807, 2.05) is 30.3 Å². The molecule has 2 aromatic heterocycles. The van der Waals surface area contributed by atoms with Gasteiger partial charge in [-0.2, -0.15) is 0 Å². The summed E-state index contributed by atoms with van der Waals surface area (Å²) in [5, 5.41) is 13.1. The van der Waals surface area contributed by atoms with Gasteiger partial charge in [-0.15, -0.1) is 0 Å². The van der Waals surface area contributed by atoms with Crippen LogP contribution in [0.25, 0.3) is 0 Å². The third kappa shape index (κ3) is 6.82. The lowest BCUT2D eigenvalue weighted by Gasteiger charge is -2.23. The van der Waals surface area contributed by atoms with Gasteiger partial charge in [0.05, 0.1) is 15.8 Å². The summed E-state index contributed by atoms with van der Waals surface area (Å²) < 4.78 is 0. The average Bonchev–Trinajstić information content (AvgIpc) is 2.80. The average molecular weight is 512 g/mol. The predicted octanol–water partition coefficient (Wildman–Crippen LogP) is 6.43. The summed E-state index contributed by atoms with van der Waals surface area (Å²) in [6.07, 6.45) is 6.29. The molecule has 1 aromatic carbocycles. The zero-order valence-electron chi connectivity index (χ0n) is 20.3. The third-order valence-corrected chi connectivity index (χ3v) is 6.52. The molecule has 0 saturated heterocycles. The van der Waals surface area contributed by atoms with Gasteiger partial charge in [0.15, 0.2) is 0 Å². The fraction of sp³-hybridized carbons (Fsp3) is 0.296. The van der Waals surface area contributed by atoms with E-state index in [4.69, 9.17) is 40.1 Å². The number of pyridine rings is 2. The fourth-order valence-electron chi connectivity index (χ4n) is 3.94. The van der Waals surface area contributed by atoms with Crippen LogP contribution in [0, 0.1) is 10.8 Å². The molecule has 3 rings (SSSR count). The Bertz CT molecular complexity index is 1200. The number of aromatic nitrogens is 2. The number of nitrogens with zero attached hydrogens (tertiary/aromatic N) is 2. The zero-order valence-corrected chi connectivity index (χ0v) is 21.8. The van der Waals surface area contributed by atoms with Gasteiger partial charge in [0.2, 0.25) is 0 Å². The Morgan fingerprint density at radius 1 is 1.14 bits per heavy atom. The molecule has 0 aliphatic rings. The first-order valence-electron chi connectivity index (χ1n) is 11.4. The summed E-state index contributed by atoms with van der Waals surface area (Å²) in [7, 11) is 0. The van der Waals surface area contributed by atoms with Crippen LogP contribution in [0.4, 0.5) is 11.5 Å². The van der Waals surface area contributed by atoms with E-state index in [2.05, 4.69) is 42.6 Å². The second-order valence-corrected chi connectivity index (χ2v) is 10.4. The molecule has 1 atom stereocenters. The Morgan fingerprint density at radius 2 is 1.83 bits per heavy atom. The number of benzene rings is 1. The summed E-state index contributed by atoms with van der Waals surface area (Å²) in [6, 6.07) is 9.42. The summed E-state index contributed by atoms with van der Waals surface area (Å²) in [5.74, 6) is 0.731. The van der Waals surface area contributed by atoms with Crippen LogP contribution in [0.1, 0.15) is 55.4 Å². The third-order valence-electron chi connectivity index (χ3n) is 5.91. The zero-order chi connectivity index (χ0) is 25.8. The van der Waals surface area contributed by atoms with Crippen molar-refractivity contribution >= 4 is 40.4 Å². The molecule has 3 aromatic rings. The van der Waals surface area contributed by atoms with Gasteiger partial charge in [-0.1, -0.05) is 56.6 Å². The normalized spacial score (nSPS) is 12.3. The van der Waals surface area contributed by atoms with Gasteiger partial charge in [0, 0.05) is 41.1 Å². The van der Waals surface area contributed by atoms with Gasteiger partial charge in [0.1, 0.15) is 5.82 Å². The molecule has 0 aliphatic heterocycles. The monoisotopic (exact) mass is 510 g/mol. The highest BCUT2D eigenvalue weighted by molar-refractivity contribution is 6.35. The van der Waals surface area contributed by atoms with Gasteiger partial charge >= 0.3 is 0 Å². The van der Waals surface area contributed by atoms with Gasteiger partial charge in [-0.3, -0.25) is 10.4 Å². The Morgan fingerprint density at radius 3 is 2.43 bits per heavy atom. The van der Waals surface area contributed by atoms with Crippen LogP contribution in [0.15, 0.2) is 61.2 Å². The second kappa shape index (κ2) is 11.2. The maximum absolute atomic E-state index is 8.76. The number of hydrogen-bond acceptors (Lipinski definition) is 6. The predicted molar refractivity (Wildman–Crippen MR) is 148 cm³/mol. The lowest BCUT2D eigenvalue weighted by atomic mass is 9.88. The number of allylic oxidation sites excluding steroid dienone is 1. The van der Waals surface area contributed by atoms with E-state index < -0.39 is 0 Å². The number of hydrogen-bond donors (Lipinski definition) is 4. The topological polar surface area (TPSA) is 114 Å². The van der Waals surface area contributed by atoms with Crippen molar-refractivity contribution in [2.45, 2.75) is 39.5 Å². The summed E-state index contributed by atoms with van der Waals surface area (Å²) in [6.45, 7) is 10.9. The summed E-state index contributed by atoms with van der Waals surface area (Å²) in [5.41, 5.74) is 16.9. The van der Waals surface area contributed by atoms with E-state index in [1.165, 1.54) is 0 Å². The molecule has 2 heterocycles. The van der Waals surface area contributed by atoms with Crippen LogP contribution in [0.5, 0.6) is 0 Å². The highest BCUT2D eigenvalue weighted by atomic mass is 35.5. The minimum atomic E-state index is -0.0414. The maximum atomic E-state index is 8.76. The van der Waals surface area contributed by atoms with Crippen molar-refractivity contribution in [2.24, 2.45) is 11.1 Å². The lowest BCUT2D eigenvalue weighted by Crippen LogP contribution is -2.25. The molecule has 0 spiro atoms. The van der Waals surface area contributed by atoms with Crippen molar-refractivity contribution < 1.29 is 0 Å². The van der Waals surface area contributed by atoms with Crippen LogP contribution < -0.4 is 16.8 Å². The first kappa shape index (κ1) is 26.7. The van der Waals surface area contributed by atoms with Gasteiger partial charge in [-0.05, 0) is 66.1 Å². The largest absolute Gasteiger partial charge is 0.398 e. The molecule has 184 valence electrons. The van der Waals surface area contributed by atoms with Crippen molar-refractivity contribution in [3.05, 3.63) is 93.5 Å². The second-order valence-electron chi connectivity index (χ2n) is 9.62. The highest BCUT2D eigenvalue weighted by Crippen LogP contribution is 2.33. The van der Waals surface area contributed by atoms with E-state index in [-0.39, 0.29) is 11.3 Å². The number of rotatable bonds is 10. The molecule has 0 unspecified atom stereocenters.